The summed E-state index contributed by atoms with van der Waals surface area (Å²) in [4.78, 5) is 16.9. The van der Waals surface area contributed by atoms with Crippen molar-refractivity contribution in [2.75, 3.05) is 26.2 Å². The third-order valence-electron chi connectivity index (χ3n) is 4.31. The van der Waals surface area contributed by atoms with Gasteiger partial charge in [-0.2, -0.15) is 0 Å². The maximum absolute atomic E-state index is 13.5. The predicted molar refractivity (Wildman–Crippen MR) is 79.2 cm³/mol. The Balaban J connectivity index is 1.76. The number of carbonyl (C=O) groups is 1. The van der Waals surface area contributed by atoms with Gasteiger partial charge in [0, 0.05) is 25.7 Å². The fourth-order valence-electron chi connectivity index (χ4n) is 3.18. The molecule has 108 valence electrons. The van der Waals surface area contributed by atoms with Gasteiger partial charge in [0.15, 0.2) is 0 Å². The normalized spacial score (nSPS) is 23.5. The Morgan fingerprint density at radius 1 is 1.25 bits per heavy atom. The zero-order valence-electron chi connectivity index (χ0n) is 11.3. The lowest BCUT2D eigenvalue weighted by atomic mass is 9.99. The quantitative estimate of drug-likeness (QED) is 0.784. The summed E-state index contributed by atoms with van der Waals surface area (Å²) in [7, 11) is 0. The number of nitrogens with zero attached hydrogens (tertiary/aromatic N) is 2. The largest absolute Gasteiger partial charge is 0.336 e. The molecule has 0 N–H and O–H groups in total. The van der Waals surface area contributed by atoms with E-state index in [1.54, 1.807) is 12.1 Å². The molecule has 1 atom stereocenters. The van der Waals surface area contributed by atoms with Crippen molar-refractivity contribution in [3.8, 4) is 0 Å². The Morgan fingerprint density at radius 2 is 2.10 bits per heavy atom. The molecule has 0 aromatic heterocycles. The molecule has 1 unspecified atom stereocenters. The van der Waals surface area contributed by atoms with Gasteiger partial charge >= 0.3 is 0 Å². The molecule has 0 spiro atoms. The Kier molecular flexibility index (Phi) is 4.08. The molecule has 1 amide bonds. The van der Waals surface area contributed by atoms with Crippen LogP contribution in [0.15, 0.2) is 22.7 Å². The van der Waals surface area contributed by atoms with Gasteiger partial charge in [0.2, 0.25) is 0 Å². The summed E-state index contributed by atoms with van der Waals surface area (Å²) in [6.07, 6.45) is 3.67. The van der Waals surface area contributed by atoms with Crippen LogP contribution in [0.3, 0.4) is 0 Å². The molecule has 3 rings (SSSR count). The van der Waals surface area contributed by atoms with E-state index in [1.807, 2.05) is 4.90 Å². The molecule has 2 fully saturated rings. The van der Waals surface area contributed by atoms with Crippen molar-refractivity contribution in [3.05, 3.63) is 34.1 Å². The Hall–Kier alpha value is -0.940. The zero-order chi connectivity index (χ0) is 14.1. The minimum Gasteiger partial charge on any atom is -0.336 e. The van der Waals surface area contributed by atoms with Gasteiger partial charge < -0.3 is 4.90 Å². The number of carbonyl (C=O) groups excluding carboxylic acids is 1. The molecule has 0 radical (unpaired) electrons. The number of rotatable bonds is 1. The molecule has 0 saturated carbocycles. The van der Waals surface area contributed by atoms with Gasteiger partial charge in [0.1, 0.15) is 5.82 Å². The predicted octanol–water partition coefficient (Wildman–Crippen LogP) is 2.90. The van der Waals surface area contributed by atoms with E-state index in [-0.39, 0.29) is 16.2 Å². The fraction of sp³-hybridized carbons (Fsp3) is 0.533. The van der Waals surface area contributed by atoms with Crippen LogP contribution in [0.5, 0.6) is 0 Å². The molecule has 5 heteroatoms. The Morgan fingerprint density at radius 3 is 2.95 bits per heavy atom. The fourth-order valence-corrected chi connectivity index (χ4v) is 3.61. The second kappa shape index (κ2) is 5.82. The molecule has 20 heavy (non-hydrogen) atoms. The molecule has 1 aromatic carbocycles. The third-order valence-corrected chi connectivity index (χ3v) is 5.11. The van der Waals surface area contributed by atoms with E-state index in [0.717, 1.165) is 32.6 Å². The number of piperazine rings is 1. The van der Waals surface area contributed by atoms with Gasteiger partial charge in [-0.15, -0.1) is 0 Å². The zero-order valence-corrected chi connectivity index (χ0v) is 12.9. The van der Waals surface area contributed by atoms with Crippen LogP contribution in [0.25, 0.3) is 0 Å². The third kappa shape index (κ3) is 2.61. The lowest BCUT2D eigenvalue weighted by molar-refractivity contribution is 0.0371. The lowest BCUT2D eigenvalue weighted by Crippen LogP contribution is -2.56. The van der Waals surface area contributed by atoms with Crippen LogP contribution in [0.4, 0.5) is 4.39 Å². The highest BCUT2D eigenvalue weighted by Crippen LogP contribution is 2.25. The van der Waals surface area contributed by atoms with Crippen LogP contribution in [-0.4, -0.2) is 47.9 Å². The molecule has 2 aliphatic rings. The standard InChI is InChI=1S/C15H18BrFN2O/c16-14-12(5-3-6-13(14)17)15(20)19-9-8-18-7-2-1-4-11(18)10-19/h3,5-6,11H,1-2,4,7-10H2. The summed E-state index contributed by atoms with van der Waals surface area (Å²) in [5.74, 6) is -0.450. The summed E-state index contributed by atoms with van der Waals surface area (Å²) in [6, 6.07) is 5.11. The smallest absolute Gasteiger partial charge is 0.255 e. The number of amides is 1. The van der Waals surface area contributed by atoms with Crippen LogP contribution < -0.4 is 0 Å². The molecule has 1 aromatic rings. The highest BCUT2D eigenvalue weighted by Gasteiger charge is 2.32. The summed E-state index contributed by atoms with van der Waals surface area (Å²) in [6.45, 7) is 3.58. The van der Waals surface area contributed by atoms with Gasteiger partial charge in [-0.1, -0.05) is 12.5 Å². The second-order valence-corrected chi connectivity index (χ2v) is 6.33. The van der Waals surface area contributed by atoms with E-state index in [0.29, 0.717) is 11.6 Å². The number of hydrogen-bond acceptors (Lipinski definition) is 2. The molecule has 2 heterocycles. The van der Waals surface area contributed by atoms with Crippen LogP contribution in [0, 0.1) is 5.82 Å². The second-order valence-electron chi connectivity index (χ2n) is 5.54. The molecular formula is C15H18BrFN2O. The minimum atomic E-state index is -0.382. The number of halogens is 2. The first-order valence-electron chi connectivity index (χ1n) is 7.14. The Labute approximate surface area is 126 Å². The molecule has 2 aliphatic heterocycles. The van der Waals surface area contributed by atoms with Crippen molar-refractivity contribution >= 4 is 21.8 Å². The van der Waals surface area contributed by atoms with Crippen LogP contribution in [0.1, 0.15) is 29.6 Å². The topological polar surface area (TPSA) is 23.6 Å². The number of benzene rings is 1. The summed E-state index contributed by atoms with van der Waals surface area (Å²) < 4.78 is 13.8. The summed E-state index contributed by atoms with van der Waals surface area (Å²) >= 11 is 3.18. The van der Waals surface area contributed by atoms with Gasteiger partial charge in [0.25, 0.3) is 5.91 Å². The number of fused-ring (bicyclic) bond motifs is 1. The SMILES string of the molecule is O=C(c1cccc(F)c1Br)N1CCN2CCCCC2C1. The average Bonchev–Trinajstić information content (AvgIpc) is 2.49. The van der Waals surface area contributed by atoms with E-state index in [4.69, 9.17) is 0 Å². The maximum Gasteiger partial charge on any atom is 0.255 e. The monoisotopic (exact) mass is 340 g/mol. The van der Waals surface area contributed by atoms with Gasteiger partial charge in [-0.3, -0.25) is 9.69 Å². The van der Waals surface area contributed by atoms with E-state index in [2.05, 4.69) is 20.8 Å². The van der Waals surface area contributed by atoms with E-state index in [9.17, 15) is 9.18 Å². The van der Waals surface area contributed by atoms with Gasteiger partial charge in [0.05, 0.1) is 10.0 Å². The molecule has 0 bridgehead atoms. The maximum atomic E-state index is 13.5. The van der Waals surface area contributed by atoms with E-state index in [1.165, 1.54) is 18.9 Å². The van der Waals surface area contributed by atoms with E-state index < -0.39 is 0 Å². The Bertz CT molecular complexity index is 523. The van der Waals surface area contributed by atoms with Crippen molar-refractivity contribution in [1.82, 2.24) is 9.80 Å². The first-order valence-corrected chi connectivity index (χ1v) is 7.93. The molecular weight excluding hydrogens is 323 g/mol. The summed E-state index contributed by atoms with van der Waals surface area (Å²) in [5, 5.41) is 0. The van der Waals surface area contributed by atoms with Crippen molar-refractivity contribution in [2.24, 2.45) is 0 Å². The van der Waals surface area contributed by atoms with Crippen LogP contribution >= 0.6 is 15.9 Å². The first-order chi connectivity index (χ1) is 9.66. The lowest BCUT2D eigenvalue weighted by Gasteiger charge is -2.44. The minimum absolute atomic E-state index is 0.0680. The van der Waals surface area contributed by atoms with E-state index >= 15 is 0 Å². The van der Waals surface area contributed by atoms with Crippen molar-refractivity contribution < 1.29 is 9.18 Å². The van der Waals surface area contributed by atoms with Gasteiger partial charge in [-0.05, 0) is 47.4 Å². The van der Waals surface area contributed by atoms with Crippen LogP contribution in [-0.2, 0) is 0 Å². The first kappa shape index (κ1) is 14.0. The van der Waals surface area contributed by atoms with Gasteiger partial charge in [-0.25, -0.2) is 4.39 Å². The summed E-state index contributed by atoms with van der Waals surface area (Å²) in [5.41, 5.74) is 0.425. The van der Waals surface area contributed by atoms with Crippen molar-refractivity contribution in [2.45, 2.75) is 25.3 Å². The molecule has 2 saturated heterocycles. The van der Waals surface area contributed by atoms with Crippen LogP contribution in [0.2, 0.25) is 0 Å². The number of hydrogen-bond donors (Lipinski definition) is 0. The molecule has 3 nitrogen and oxygen atoms in total. The number of piperidine rings is 1. The average molecular weight is 341 g/mol. The highest BCUT2D eigenvalue weighted by atomic mass is 79.9. The van der Waals surface area contributed by atoms with Crippen molar-refractivity contribution in [3.63, 3.8) is 0 Å². The van der Waals surface area contributed by atoms with Crippen molar-refractivity contribution in [1.29, 1.82) is 0 Å². The molecule has 0 aliphatic carbocycles. The highest BCUT2D eigenvalue weighted by molar-refractivity contribution is 9.10.